The van der Waals surface area contributed by atoms with Crippen LogP contribution >= 0.6 is 12.4 Å². The number of carbonyl (C=O) groups is 1. The third-order valence-corrected chi connectivity index (χ3v) is 3.06. The zero-order chi connectivity index (χ0) is 15.2. The molecule has 3 N–H and O–H groups in total. The summed E-state index contributed by atoms with van der Waals surface area (Å²) in [5, 5.41) is 6.43. The maximum Gasteiger partial charge on any atom is 0.252 e. The Bertz CT molecular complexity index is 703. The molecule has 2 rings (SSSR count). The zero-order valence-corrected chi connectivity index (χ0v) is 13.1. The Morgan fingerprint density at radius 3 is 2.73 bits per heavy atom. The van der Waals surface area contributed by atoms with E-state index in [1.807, 2.05) is 0 Å². The van der Waals surface area contributed by atoms with Crippen molar-refractivity contribution in [2.24, 2.45) is 0 Å². The number of benzene rings is 1. The molecule has 0 saturated heterocycles. The molecule has 0 spiro atoms. The second kappa shape index (κ2) is 8.51. The highest BCUT2D eigenvalue weighted by atomic mass is 35.5. The lowest BCUT2D eigenvalue weighted by atomic mass is 10.1. The molecule has 0 saturated carbocycles. The van der Waals surface area contributed by atoms with Crippen LogP contribution in [0.25, 0.3) is 10.9 Å². The molecule has 0 atom stereocenters. The van der Waals surface area contributed by atoms with Crippen molar-refractivity contribution in [3.8, 4) is 0 Å². The van der Waals surface area contributed by atoms with Crippen molar-refractivity contribution in [1.29, 1.82) is 0 Å². The number of nitrogens with one attached hydrogen (secondary N) is 3. The second-order valence-corrected chi connectivity index (χ2v) is 4.74. The Balaban J connectivity index is 0.00000242. The second-order valence-electron chi connectivity index (χ2n) is 4.74. The maximum absolute atomic E-state index is 13.2. The van der Waals surface area contributed by atoms with E-state index in [0.29, 0.717) is 24.0 Å². The molecule has 0 bridgehead atoms. The topological polar surface area (TPSA) is 74.0 Å². The van der Waals surface area contributed by atoms with E-state index in [2.05, 4.69) is 22.5 Å². The van der Waals surface area contributed by atoms with Crippen molar-refractivity contribution in [2.75, 3.05) is 19.6 Å². The third kappa shape index (κ3) is 4.54. The summed E-state index contributed by atoms with van der Waals surface area (Å²) >= 11 is 0. The molecule has 1 aromatic heterocycles. The van der Waals surface area contributed by atoms with Crippen LogP contribution in [0.3, 0.4) is 0 Å². The number of hydrogen-bond donors (Lipinski definition) is 3. The average Bonchev–Trinajstić information content (AvgIpc) is 2.45. The van der Waals surface area contributed by atoms with Crippen LogP contribution in [-0.4, -0.2) is 30.5 Å². The summed E-state index contributed by atoms with van der Waals surface area (Å²) in [7, 11) is 0. The van der Waals surface area contributed by atoms with Crippen LogP contribution in [0.2, 0.25) is 0 Å². The van der Waals surface area contributed by atoms with Crippen molar-refractivity contribution in [2.45, 2.75) is 13.3 Å². The summed E-state index contributed by atoms with van der Waals surface area (Å²) in [6.45, 7) is 4.08. The SMILES string of the molecule is CCCNCCNC(=O)c1cc(=O)[nH]c2cc(F)ccc12.Cl. The molecule has 0 radical (unpaired) electrons. The highest BCUT2D eigenvalue weighted by Gasteiger charge is 2.11. The summed E-state index contributed by atoms with van der Waals surface area (Å²) in [5.74, 6) is -0.796. The normalized spacial score (nSPS) is 10.3. The number of aromatic amines is 1. The number of fused-ring (bicyclic) bond motifs is 1. The fourth-order valence-corrected chi connectivity index (χ4v) is 2.08. The van der Waals surface area contributed by atoms with Crippen LogP contribution in [0.15, 0.2) is 29.1 Å². The van der Waals surface area contributed by atoms with Gasteiger partial charge in [-0.1, -0.05) is 6.92 Å². The van der Waals surface area contributed by atoms with Gasteiger partial charge in [-0.15, -0.1) is 12.4 Å². The Hall–Kier alpha value is -1.92. The third-order valence-electron chi connectivity index (χ3n) is 3.06. The lowest BCUT2D eigenvalue weighted by molar-refractivity contribution is 0.0955. The first-order valence-corrected chi connectivity index (χ1v) is 6.93. The molecular weight excluding hydrogens is 309 g/mol. The van der Waals surface area contributed by atoms with E-state index in [4.69, 9.17) is 0 Å². The van der Waals surface area contributed by atoms with Crippen molar-refractivity contribution in [3.05, 3.63) is 46.0 Å². The van der Waals surface area contributed by atoms with Crippen LogP contribution in [0.5, 0.6) is 0 Å². The van der Waals surface area contributed by atoms with Gasteiger partial charge in [0.1, 0.15) is 5.82 Å². The number of H-pyrrole nitrogens is 1. The monoisotopic (exact) mass is 327 g/mol. The van der Waals surface area contributed by atoms with Crippen LogP contribution in [0.4, 0.5) is 4.39 Å². The Morgan fingerprint density at radius 1 is 1.23 bits per heavy atom. The first-order chi connectivity index (χ1) is 10.1. The first-order valence-electron chi connectivity index (χ1n) is 6.93. The molecule has 1 amide bonds. The van der Waals surface area contributed by atoms with E-state index in [0.717, 1.165) is 13.0 Å². The van der Waals surface area contributed by atoms with Crippen molar-refractivity contribution in [1.82, 2.24) is 15.6 Å². The van der Waals surface area contributed by atoms with E-state index >= 15 is 0 Å². The van der Waals surface area contributed by atoms with Gasteiger partial charge < -0.3 is 15.6 Å². The molecule has 1 aromatic carbocycles. The average molecular weight is 328 g/mol. The molecule has 0 aliphatic carbocycles. The molecule has 5 nitrogen and oxygen atoms in total. The van der Waals surface area contributed by atoms with Gasteiger partial charge in [-0.3, -0.25) is 9.59 Å². The highest BCUT2D eigenvalue weighted by Crippen LogP contribution is 2.16. The number of aromatic nitrogens is 1. The van der Waals surface area contributed by atoms with Gasteiger partial charge in [0.15, 0.2) is 0 Å². The van der Waals surface area contributed by atoms with E-state index in [9.17, 15) is 14.0 Å². The molecule has 120 valence electrons. The Labute approximate surface area is 133 Å². The lowest BCUT2D eigenvalue weighted by Crippen LogP contribution is -2.32. The molecule has 0 unspecified atom stereocenters. The van der Waals surface area contributed by atoms with Crippen LogP contribution in [0.1, 0.15) is 23.7 Å². The number of carbonyl (C=O) groups excluding carboxylic acids is 1. The molecule has 0 aliphatic rings. The van der Waals surface area contributed by atoms with Gasteiger partial charge in [0.2, 0.25) is 5.56 Å². The van der Waals surface area contributed by atoms with Gasteiger partial charge >= 0.3 is 0 Å². The summed E-state index contributed by atoms with van der Waals surface area (Å²) in [4.78, 5) is 26.2. The molecule has 22 heavy (non-hydrogen) atoms. The lowest BCUT2D eigenvalue weighted by Gasteiger charge is -2.08. The fourth-order valence-electron chi connectivity index (χ4n) is 2.08. The van der Waals surface area contributed by atoms with Crippen molar-refractivity contribution >= 4 is 29.2 Å². The van der Waals surface area contributed by atoms with E-state index in [1.54, 1.807) is 0 Å². The van der Waals surface area contributed by atoms with Crippen molar-refractivity contribution < 1.29 is 9.18 Å². The quantitative estimate of drug-likeness (QED) is 0.709. The predicted octanol–water partition coefficient (Wildman–Crippen LogP) is 1.82. The summed E-state index contributed by atoms with van der Waals surface area (Å²) < 4.78 is 13.2. The summed E-state index contributed by atoms with van der Waals surface area (Å²) in [6.07, 6.45) is 1.03. The number of hydrogen-bond acceptors (Lipinski definition) is 3. The number of amides is 1. The number of halogens is 2. The van der Waals surface area contributed by atoms with Crippen LogP contribution in [-0.2, 0) is 0 Å². The summed E-state index contributed by atoms with van der Waals surface area (Å²) in [6, 6.07) is 5.19. The smallest absolute Gasteiger partial charge is 0.252 e. The Morgan fingerprint density at radius 2 is 2.00 bits per heavy atom. The van der Waals surface area contributed by atoms with Crippen LogP contribution < -0.4 is 16.2 Å². The molecular formula is C15H19ClFN3O2. The predicted molar refractivity (Wildman–Crippen MR) is 87.3 cm³/mol. The van der Waals surface area contributed by atoms with E-state index in [1.165, 1.54) is 24.3 Å². The Kier molecular flexibility index (Phi) is 7.01. The van der Waals surface area contributed by atoms with Crippen molar-refractivity contribution in [3.63, 3.8) is 0 Å². The molecule has 2 aromatic rings. The molecule has 0 aliphatic heterocycles. The van der Waals surface area contributed by atoms with Gasteiger partial charge in [0.05, 0.1) is 11.1 Å². The summed E-state index contributed by atoms with van der Waals surface area (Å²) in [5.41, 5.74) is 0.142. The maximum atomic E-state index is 13.2. The molecule has 7 heteroatoms. The molecule has 0 fully saturated rings. The minimum atomic E-state index is -0.459. The largest absolute Gasteiger partial charge is 0.351 e. The van der Waals surface area contributed by atoms with Crippen LogP contribution in [0, 0.1) is 5.82 Å². The van der Waals surface area contributed by atoms with Gasteiger partial charge in [0.25, 0.3) is 5.91 Å². The van der Waals surface area contributed by atoms with Gasteiger partial charge in [-0.05, 0) is 31.2 Å². The first kappa shape index (κ1) is 18.1. The van der Waals surface area contributed by atoms with E-state index in [-0.39, 0.29) is 23.9 Å². The highest BCUT2D eigenvalue weighted by molar-refractivity contribution is 6.05. The zero-order valence-electron chi connectivity index (χ0n) is 12.2. The van der Waals surface area contributed by atoms with Gasteiger partial charge in [-0.25, -0.2) is 4.39 Å². The fraction of sp³-hybridized carbons (Fsp3) is 0.333. The number of rotatable bonds is 6. The van der Waals surface area contributed by atoms with Gasteiger partial charge in [0, 0.05) is 24.5 Å². The molecule has 1 heterocycles. The van der Waals surface area contributed by atoms with E-state index < -0.39 is 11.4 Å². The van der Waals surface area contributed by atoms with Gasteiger partial charge in [-0.2, -0.15) is 0 Å². The standard InChI is InChI=1S/C15H18FN3O2.ClH/c1-2-5-17-6-7-18-15(21)12-9-14(20)19-13-8-10(16)3-4-11(12)13;/h3-4,8-9,17H,2,5-7H2,1H3,(H,18,21)(H,19,20);1H. The number of pyridine rings is 1. The minimum Gasteiger partial charge on any atom is -0.351 e. The minimum absolute atomic E-state index is 0.